The lowest BCUT2D eigenvalue weighted by Crippen LogP contribution is -2.13. The zero-order valence-electron chi connectivity index (χ0n) is 11.7. The highest BCUT2D eigenvalue weighted by atomic mass is 79.9. The molecule has 19 heavy (non-hydrogen) atoms. The van der Waals surface area contributed by atoms with E-state index in [4.69, 9.17) is 15.9 Å². The van der Waals surface area contributed by atoms with E-state index in [0.29, 0.717) is 11.5 Å². The third-order valence-corrected chi connectivity index (χ3v) is 3.88. The number of amidine groups is 1. The van der Waals surface area contributed by atoms with E-state index in [-0.39, 0.29) is 5.84 Å². The van der Waals surface area contributed by atoms with Crippen molar-refractivity contribution in [3.05, 3.63) is 28.2 Å². The predicted octanol–water partition coefficient (Wildman–Crippen LogP) is 4.33. The molecule has 0 heterocycles. The van der Waals surface area contributed by atoms with Crippen LogP contribution >= 0.6 is 15.9 Å². The first-order valence-corrected chi connectivity index (χ1v) is 7.64. The molecule has 4 heteroatoms. The molecule has 0 fully saturated rings. The topological polar surface area (TPSA) is 59.1 Å². The molecule has 106 valence electrons. The number of hydrogen-bond donors (Lipinski definition) is 2. The molecule has 1 unspecified atom stereocenters. The van der Waals surface area contributed by atoms with Crippen molar-refractivity contribution in [2.24, 2.45) is 11.7 Å². The molecule has 1 rings (SSSR count). The van der Waals surface area contributed by atoms with Gasteiger partial charge in [-0.3, -0.25) is 5.41 Å². The van der Waals surface area contributed by atoms with Gasteiger partial charge < -0.3 is 10.5 Å². The van der Waals surface area contributed by atoms with Crippen LogP contribution in [0, 0.1) is 11.3 Å². The van der Waals surface area contributed by atoms with Crippen LogP contribution in [0.4, 0.5) is 0 Å². The average molecular weight is 327 g/mol. The van der Waals surface area contributed by atoms with E-state index >= 15 is 0 Å². The van der Waals surface area contributed by atoms with Crippen molar-refractivity contribution in [2.75, 3.05) is 6.61 Å². The second-order valence-electron chi connectivity index (χ2n) is 4.79. The van der Waals surface area contributed by atoms with E-state index < -0.39 is 0 Å². The van der Waals surface area contributed by atoms with Gasteiger partial charge >= 0.3 is 0 Å². The van der Waals surface area contributed by atoms with E-state index in [1.54, 1.807) is 0 Å². The lowest BCUT2D eigenvalue weighted by molar-refractivity contribution is 0.232. The highest BCUT2D eigenvalue weighted by molar-refractivity contribution is 9.10. The van der Waals surface area contributed by atoms with Crippen LogP contribution in [-0.4, -0.2) is 12.4 Å². The quantitative estimate of drug-likeness (QED) is 0.551. The van der Waals surface area contributed by atoms with Gasteiger partial charge in [0.1, 0.15) is 11.6 Å². The second-order valence-corrected chi connectivity index (χ2v) is 5.64. The molecule has 0 aliphatic heterocycles. The first-order valence-electron chi connectivity index (χ1n) is 6.85. The maximum atomic E-state index is 7.39. The van der Waals surface area contributed by atoms with Gasteiger partial charge in [-0.25, -0.2) is 0 Å². The summed E-state index contributed by atoms with van der Waals surface area (Å²) >= 11 is 3.46. The molecule has 0 aliphatic rings. The van der Waals surface area contributed by atoms with Gasteiger partial charge in [0, 0.05) is 5.56 Å². The van der Waals surface area contributed by atoms with Crippen molar-refractivity contribution >= 4 is 21.8 Å². The zero-order valence-corrected chi connectivity index (χ0v) is 13.3. The first-order chi connectivity index (χ1) is 9.08. The van der Waals surface area contributed by atoms with Gasteiger partial charge in [-0.15, -0.1) is 0 Å². The van der Waals surface area contributed by atoms with E-state index in [2.05, 4.69) is 29.8 Å². The number of nitrogens with one attached hydrogen (secondary N) is 1. The van der Waals surface area contributed by atoms with Gasteiger partial charge in [0.15, 0.2) is 0 Å². The van der Waals surface area contributed by atoms with Crippen molar-refractivity contribution in [2.45, 2.75) is 39.5 Å². The SMILES string of the molecule is CCCCC(CC)COc1ccc(C(=N)N)cc1Br. The molecule has 0 saturated carbocycles. The summed E-state index contributed by atoms with van der Waals surface area (Å²) in [6, 6.07) is 5.51. The molecule has 1 aromatic rings. The summed E-state index contributed by atoms with van der Waals surface area (Å²) in [6.07, 6.45) is 4.85. The fourth-order valence-corrected chi connectivity index (χ4v) is 2.38. The summed E-state index contributed by atoms with van der Waals surface area (Å²) in [6.45, 7) is 5.16. The molecule has 0 saturated heterocycles. The lowest BCUT2D eigenvalue weighted by atomic mass is 10.0. The number of nitrogens with two attached hydrogens (primary N) is 1. The van der Waals surface area contributed by atoms with Crippen LogP contribution in [0.3, 0.4) is 0 Å². The van der Waals surface area contributed by atoms with Gasteiger partial charge in [-0.05, 0) is 46.5 Å². The minimum atomic E-state index is 0.0710. The molecule has 0 radical (unpaired) electrons. The predicted molar refractivity (Wildman–Crippen MR) is 84.0 cm³/mol. The van der Waals surface area contributed by atoms with E-state index in [1.807, 2.05) is 18.2 Å². The Morgan fingerprint density at radius 3 is 2.68 bits per heavy atom. The third-order valence-electron chi connectivity index (χ3n) is 3.26. The molecule has 0 aromatic heterocycles. The van der Waals surface area contributed by atoms with Crippen LogP contribution in [0.1, 0.15) is 45.1 Å². The van der Waals surface area contributed by atoms with Gasteiger partial charge in [-0.2, -0.15) is 0 Å². The summed E-state index contributed by atoms with van der Waals surface area (Å²) in [5.74, 6) is 1.50. The van der Waals surface area contributed by atoms with Crippen LogP contribution in [0.5, 0.6) is 5.75 Å². The summed E-state index contributed by atoms with van der Waals surface area (Å²) in [7, 11) is 0. The van der Waals surface area contributed by atoms with Gasteiger partial charge in [-0.1, -0.05) is 33.1 Å². The summed E-state index contributed by atoms with van der Waals surface area (Å²) in [4.78, 5) is 0. The standard InChI is InChI=1S/C15H23BrN2O/c1-3-5-6-11(4-2)10-19-14-8-7-12(15(17)18)9-13(14)16/h7-9,11H,3-6,10H2,1-2H3,(H3,17,18). The van der Waals surface area contributed by atoms with Crippen LogP contribution in [0.25, 0.3) is 0 Å². The third kappa shape index (κ3) is 5.23. The lowest BCUT2D eigenvalue weighted by Gasteiger charge is -2.16. The van der Waals surface area contributed by atoms with Gasteiger partial charge in [0.2, 0.25) is 0 Å². The number of halogens is 1. The number of nitrogen functional groups attached to an aromatic ring is 1. The van der Waals surface area contributed by atoms with Gasteiger partial charge in [0.25, 0.3) is 0 Å². The molecule has 3 nitrogen and oxygen atoms in total. The molecule has 1 aromatic carbocycles. The van der Waals surface area contributed by atoms with Gasteiger partial charge in [0.05, 0.1) is 11.1 Å². The van der Waals surface area contributed by atoms with Crippen molar-refractivity contribution in [3.63, 3.8) is 0 Å². The molecule has 1 atom stereocenters. The van der Waals surface area contributed by atoms with Crippen LogP contribution < -0.4 is 10.5 Å². The minimum Gasteiger partial charge on any atom is -0.492 e. The maximum absolute atomic E-state index is 7.39. The molecule has 3 N–H and O–H groups in total. The molecule has 0 spiro atoms. The Kier molecular flexibility index (Phi) is 6.92. The average Bonchev–Trinajstić information content (AvgIpc) is 2.40. The fourth-order valence-electron chi connectivity index (χ4n) is 1.89. The highest BCUT2D eigenvalue weighted by Gasteiger charge is 2.09. The molecule has 0 aliphatic carbocycles. The molecular formula is C15H23BrN2O. The number of ether oxygens (including phenoxy) is 1. The normalized spacial score (nSPS) is 12.2. The summed E-state index contributed by atoms with van der Waals surface area (Å²) in [5, 5.41) is 7.39. The smallest absolute Gasteiger partial charge is 0.133 e. The molecular weight excluding hydrogens is 304 g/mol. The first kappa shape index (κ1) is 16.0. The maximum Gasteiger partial charge on any atom is 0.133 e. The van der Waals surface area contributed by atoms with Crippen LogP contribution in [-0.2, 0) is 0 Å². The number of rotatable bonds is 8. The fraction of sp³-hybridized carbons (Fsp3) is 0.533. The Morgan fingerprint density at radius 1 is 1.42 bits per heavy atom. The number of benzene rings is 1. The zero-order chi connectivity index (χ0) is 14.3. The van der Waals surface area contributed by atoms with Crippen molar-refractivity contribution < 1.29 is 4.74 Å². The molecule has 0 bridgehead atoms. The Hall–Kier alpha value is -1.03. The Bertz CT molecular complexity index is 421. The van der Waals surface area contributed by atoms with Crippen molar-refractivity contribution in [1.82, 2.24) is 0 Å². The minimum absolute atomic E-state index is 0.0710. The molecule has 0 amide bonds. The van der Waals surface area contributed by atoms with Crippen molar-refractivity contribution in [1.29, 1.82) is 5.41 Å². The number of hydrogen-bond acceptors (Lipinski definition) is 2. The highest BCUT2D eigenvalue weighted by Crippen LogP contribution is 2.27. The summed E-state index contributed by atoms with van der Waals surface area (Å²) in [5.41, 5.74) is 6.16. The van der Waals surface area contributed by atoms with Crippen LogP contribution in [0.15, 0.2) is 22.7 Å². The largest absolute Gasteiger partial charge is 0.492 e. The van der Waals surface area contributed by atoms with E-state index in [0.717, 1.165) is 23.2 Å². The Labute approximate surface area is 124 Å². The van der Waals surface area contributed by atoms with Crippen molar-refractivity contribution in [3.8, 4) is 5.75 Å². The monoisotopic (exact) mass is 326 g/mol. The number of unbranched alkanes of at least 4 members (excludes halogenated alkanes) is 1. The van der Waals surface area contributed by atoms with E-state index in [1.165, 1.54) is 19.3 Å². The second kappa shape index (κ2) is 8.20. The Morgan fingerprint density at radius 2 is 2.16 bits per heavy atom. The Balaban J connectivity index is 2.59. The van der Waals surface area contributed by atoms with E-state index in [9.17, 15) is 0 Å². The summed E-state index contributed by atoms with van der Waals surface area (Å²) < 4.78 is 6.72. The van der Waals surface area contributed by atoms with Crippen LogP contribution in [0.2, 0.25) is 0 Å².